The van der Waals surface area contributed by atoms with Crippen molar-refractivity contribution in [2.24, 2.45) is 0 Å². The molecule has 60 valence electrons. The van der Waals surface area contributed by atoms with Crippen LogP contribution in [0.2, 0.25) is 5.02 Å². The van der Waals surface area contributed by atoms with Crippen LogP contribution in [0.25, 0.3) is 5.76 Å². The van der Waals surface area contributed by atoms with E-state index in [0.717, 1.165) is 0 Å². The van der Waals surface area contributed by atoms with Gasteiger partial charge in [-0.2, -0.15) is 0 Å². The van der Waals surface area contributed by atoms with Crippen LogP contribution in [-0.4, -0.2) is 5.97 Å². The van der Waals surface area contributed by atoms with Gasteiger partial charge >= 0.3 is 5.97 Å². The Balaban J connectivity index is 2.75. The molecule has 0 unspecified atom stereocenters. The minimum atomic E-state index is -0.416. The maximum atomic E-state index is 11.1. The third-order valence-corrected chi connectivity index (χ3v) is 2.05. The molecule has 0 spiro atoms. The topological polar surface area (TPSA) is 26.3 Å². The number of benzene rings is 1. The van der Waals surface area contributed by atoms with Crippen LogP contribution < -0.4 is 0 Å². The summed E-state index contributed by atoms with van der Waals surface area (Å²) >= 11 is 5.79. The summed E-state index contributed by atoms with van der Waals surface area (Å²) in [6.45, 7) is 3.59. The van der Waals surface area contributed by atoms with Gasteiger partial charge in [0.15, 0.2) is 0 Å². The Kier molecular flexibility index (Phi) is 1.45. The SMILES string of the molecule is C=C1OC(=O)c2c(Cl)cccc21. The average Bonchev–Trinajstić information content (AvgIpc) is 2.29. The Labute approximate surface area is 74.4 Å². The lowest BCUT2D eigenvalue weighted by molar-refractivity contribution is 0.0716. The second-order valence-corrected chi connectivity index (χ2v) is 2.88. The molecule has 0 aliphatic carbocycles. The summed E-state index contributed by atoms with van der Waals surface area (Å²) in [5, 5.41) is 0.413. The van der Waals surface area contributed by atoms with E-state index in [1.165, 1.54) is 0 Å². The van der Waals surface area contributed by atoms with Gasteiger partial charge in [-0.15, -0.1) is 0 Å². The van der Waals surface area contributed by atoms with Crippen LogP contribution >= 0.6 is 11.6 Å². The van der Waals surface area contributed by atoms with E-state index in [9.17, 15) is 4.79 Å². The van der Waals surface area contributed by atoms with Crippen molar-refractivity contribution in [1.82, 2.24) is 0 Å². The fourth-order valence-corrected chi connectivity index (χ4v) is 1.43. The molecule has 1 aromatic carbocycles. The monoisotopic (exact) mass is 180 g/mol. The standard InChI is InChI=1S/C9H5ClO2/c1-5-6-3-2-4-7(10)8(6)9(11)12-5/h2-4H,1H2. The van der Waals surface area contributed by atoms with Gasteiger partial charge < -0.3 is 4.74 Å². The molecule has 0 bridgehead atoms. The molecule has 2 rings (SSSR count). The van der Waals surface area contributed by atoms with Crippen molar-refractivity contribution in [2.45, 2.75) is 0 Å². The number of esters is 1. The van der Waals surface area contributed by atoms with Gasteiger partial charge in [0.05, 0.1) is 10.6 Å². The number of hydrogen-bond donors (Lipinski definition) is 0. The van der Waals surface area contributed by atoms with Gasteiger partial charge in [-0.1, -0.05) is 30.3 Å². The Morgan fingerprint density at radius 1 is 1.42 bits per heavy atom. The highest BCUT2D eigenvalue weighted by Crippen LogP contribution is 2.32. The summed E-state index contributed by atoms with van der Waals surface area (Å²) in [7, 11) is 0. The molecule has 1 heterocycles. The first-order chi connectivity index (χ1) is 5.70. The highest BCUT2D eigenvalue weighted by molar-refractivity contribution is 6.34. The van der Waals surface area contributed by atoms with Crippen LogP contribution in [0.15, 0.2) is 24.8 Å². The van der Waals surface area contributed by atoms with Gasteiger partial charge in [0.2, 0.25) is 0 Å². The smallest absolute Gasteiger partial charge is 0.345 e. The first kappa shape index (κ1) is 7.37. The summed E-state index contributed by atoms with van der Waals surface area (Å²) in [5.41, 5.74) is 1.11. The molecule has 12 heavy (non-hydrogen) atoms. The van der Waals surface area contributed by atoms with E-state index in [0.29, 0.717) is 21.9 Å². The number of cyclic esters (lactones) is 1. The molecule has 1 aliphatic heterocycles. The minimum Gasteiger partial charge on any atom is -0.423 e. The number of rotatable bonds is 0. The number of ether oxygens (including phenoxy) is 1. The Bertz CT molecular complexity index is 382. The van der Waals surface area contributed by atoms with Crippen LogP contribution in [-0.2, 0) is 4.74 Å². The van der Waals surface area contributed by atoms with E-state index in [2.05, 4.69) is 6.58 Å². The van der Waals surface area contributed by atoms with Gasteiger partial charge in [0, 0.05) is 5.56 Å². The molecule has 0 saturated carbocycles. The first-order valence-corrected chi connectivity index (χ1v) is 3.78. The quantitative estimate of drug-likeness (QED) is 0.574. The Hall–Kier alpha value is -1.28. The summed E-state index contributed by atoms with van der Waals surface area (Å²) < 4.78 is 4.79. The van der Waals surface area contributed by atoms with Crippen LogP contribution in [0.1, 0.15) is 15.9 Å². The number of halogens is 1. The summed E-state index contributed by atoms with van der Waals surface area (Å²) in [6.07, 6.45) is 0. The lowest BCUT2D eigenvalue weighted by Crippen LogP contribution is -1.93. The molecule has 0 saturated heterocycles. The first-order valence-electron chi connectivity index (χ1n) is 3.40. The summed E-state index contributed by atoms with van der Waals surface area (Å²) in [4.78, 5) is 11.1. The lowest BCUT2D eigenvalue weighted by Gasteiger charge is -1.94. The van der Waals surface area contributed by atoms with Gasteiger partial charge in [-0.25, -0.2) is 4.79 Å². The average molecular weight is 181 g/mol. The van der Waals surface area contributed by atoms with E-state index in [1.807, 2.05) is 0 Å². The molecule has 2 nitrogen and oxygen atoms in total. The molecule has 0 radical (unpaired) electrons. The van der Waals surface area contributed by atoms with Crippen molar-refractivity contribution in [3.8, 4) is 0 Å². The van der Waals surface area contributed by atoms with Crippen molar-refractivity contribution in [3.63, 3.8) is 0 Å². The molecule has 0 atom stereocenters. The largest absolute Gasteiger partial charge is 0.423 e. The van der Waals surface area contributed by atoms with Crippen LogP contribution in [0.5, 0.6) is 0 Å². The minimum absolute atomic E-state index is 0.373. The van der Waals surface area contributed by atoms with E-state index in [1.54, 1.807) is 18.2 Å². The van der Waals surface area contributed by atoms with Crippen molar-refractivity contribution in [2.75, 3.05) is 0 Å². The van der Waals surface area contributed by atoms with E-state index < -0.39 is 5.97 Å². The highest BCUT2D eigenvalue weighted by Gasteiger charge is 2.26. The second kappa shape index (κ2) is 2.35. The van der Waals surface area contributed by atoms with Gasteiger partial charge in [-0.05, 0) is 6.07 Å². The maximum absolute atomic E-state index is 11.1. The molecular weight excluding hydrogens is 176 g/mol. The fraction of sp³-hybridized carbons (Fsp3) is 0. The van der Waals surface area contributed by atoms with E-state index in [4.69, 9.17) is 16.3 Å². The predicted molar refractivity (Wildman–Crippen MR) is 45.9 cm³/mol. The van der Waals surface area contributed by atoms with Crippen molar-refractivity contribution in [1.29, 1.82) is 0 Å². The normalized spacial score (nSPS) is 14.4. The summed E-state index contributed by atoms with van der Waals surface area (Å²) in [5.74, 6) is -0.0434. The molecule has 0 amide bonds. The zero-order valence-corrected chi connectivity index (χ0v) is 6.89. The maximum Gasteiger partial charge on any atom is 0.345 e. The number of carbonyl (C=O) groups excluding carboxylic acids is 1. The molecule has 3 heteroatoms. The molecular formula is C9H5ClO2. The van der Waals surface area contributed by atoms with Crippen LogP contribution in [0.3, 0.4) is 0 Å². The van der Waals surface area contributed by atoms with E-state index >= 15 is 0 Å². The molecule has 0 N–H and O–H groups in total. The predicted octanol–water partition coefficient (Wildman–Crippen LogP) is 2.48. The lowest BCUT2D eigenvalue weighted by atomic mass is 10.1. The second-order valence-electron chi connectivity index (χ2n) is 2.48. The fourth-order valence-electron chi connectivity index (χ4n) is 1.18. The zero-order valence-electron chi connectivity index (χ0n) is 6.13. The number of fused-ring (bicyclic) bond motifs is 1. The Morgan fingerprint density at radius 3 is 2.83 bits per heavy atom. The molecule has 1 aliphatic rings. The van der Waals surface area contributed by atoms with Crippen LogP contribution in [0, 0.1) is 0 Å². The molecule has 1 aromatic rings. The summed E-state index contributed by atoms with van der Waals surface area (Å²) in [6, 6.07) is 5.17. The zero-order chi connectivity index (χ0) is 8.72. The highest BCUT2D eigenvalue weighted by atomic mass is 35.5. The third kappa shape index (κ3) is 0.850. The Morgan fingerprint density at radius 2 is 2.17 bits per heavy atom. The van der Waals surface area contributed by atoms with E-state index in [-0.39, 0.29) is 0 Å². The van der Waals surface area contributed by atoms with Crippen molar-refractivity contribution < 1.29 is 9.53 Å². The van der Waals surface area contributed by atoms with Gasteiger partial charge in [-0.3, -0.25) is 0 Å². The number of carbonyl (C=O) groups is 1. The van der Waals surface area contributed by atoms with Gasteiger partial charge in [0.1, 0.15) is 5.76 Å². The molecule has 0 fully saturated rings. The molecule has 0 aromatic heterocycles. The number of hydrogen-bond acceptors (Lipinski definition) is 2. The van der Waals surface area contributed by atoms with Crippen molar-refractivity contribution >= 4 is 23.3 Å². The third-order valence-electron chi connectivity index (χ3n) is 1.73. The van der Waals surface area contributed by atoms with Crippen molar-refractivity contribution in [3.05, 3.63) is 40.9 Å². The van der Waals surface area contributed by atoms with Gasteiger partial charge in [0.25, 0.3) is 0 Å². The van der Waals surface area contributed by atoms with Crippen LogP contribution in [0.4, 0.5) is 0 Å².